The summed E-state index contributed by atoms with van der Waals surface area (Å²) in [6.45, 7) is 4.26. The molecule has 1 aliphatic heterocycles. The highest BCUT2D eigenvalue weighted by Gasteiger charge is 2.41. The molecular weight excluding hydrogens is 484 g/mol. The van der Waals surface area contributed by atoms with E-state index in [1.54, 1.807) is 24.5 Å². The lowest BCUT2D eigenvalue weighted by Gasteiger charge is -2.40. The van der Waals surface area contributed by atoms with Gasteiger partial charge < -0.3 is 9.88 Å². The fraction of sp³-hybridized carbons (Fsp3) is 0.241. The third kappa shape index (κ3) is 4.01. The first-order valence-corrected chi connectivity index (χ1v) is 13.0. The summed E-state index contributed by atoms with van der Waals surface area (Å²) >= 11 is 1.26. The molecule has 1 aliphatic carbocycles. The molecule has 6 rings (SSSR count). The minimum Gasteiger partial charge on any atom is -0.373 e. The largest absolute Gasteiger partial charge is 0.373 e. The molecule has 4 aromatic rings. The van der Waals surface area contributed by atoms with Crippen molar-refractivity contribution in [2.24, 2.45) is 12.5 Å². The molecule has 0 radical (unpaired) electrons. The molecule has 0 fully saturated rings. The van der Waals surface area contributed by atoms with Crippen molar-refractivity contribution in [1.29, 1.82) is 0 Å². The highest BCUT2D eigenvalue weighted by atomic mass is 32.2. The van der Waals surface area contributed by atoms with Crippen LogP contribution in [-0.4, -0.2) is 20.3 Å². The van der Waals surface area contributed by atoms with E-state index in [0.717, 1.165) is 39.6 Å². The number of anilines is 1. The zero-order chi connectivity index (χ0) is 25.9. The van der Waals surface area contributed by atoms with Gasteiger partial charge in [0.2, 0.25) is 0 Å². The first-order valence-electron chi connectivity index (χ1n) is 12.2. The van der Waals surface area contributed by atoms with Gasteiger partial charge in [-0.25, -0.2) is 4.98 Å². The Morgan fingerprint density at radius 2 is 1.95 bits per heavy atom. The number of nitrogens with zero attached hydrogens (tertiary/aromatic N) is 3. The van der Waals surface area contributed by atoms with E-state index in [1.807, 2.05) is 29.8 Å². The van der Waals surface area contributed by atoms with Crippen LogP contribution >= 0.6 is 11.8 Å². The number of carbonyl (C=O) groups excluding carboxylic acids is 1. The van der Waals surface area contributed by atoms with Crippen LogP contribution in [0.15, 0.2) is 82.6 Å². The average molecular weight is 511 g/mol. The van der Waals surface area contributed by atoms with E-state index in [1.165, 1.54) is 11.8 Å². The SMILES string of the molecule is Cn1ccnc1Sc1ccc([C@H]2Nc3ccc4ccccc4c3C3=C2C(=O)CC(C)(C)C3)cc1[N+](=O)[O-]. The number of aromatic nitrogens is 2. The normalized spacial score (nSPS) is 18.4. The Morgan fingerprint density at radius 3 is 2.70 bits per heavy atom. The number of nitro groups is 1. The summed E-state index contributed by atoms with van der Waals surface area (Å²) in [5, 5.41) is 18.6. The van der Waals surface area contributed by atoms with Gasteiger partial charge in [-0.05, 0) is 57.6 Å². The van der Waals surface area contributed by atoms with E-state index >= 15 is 0 Å². The minimum absolute atomic E-state index is 0.00217. The van der Waals surface area contributed by atoms with Crippen molar-refractivity contribution in [2.75, 3.05) is 5.32 Å². The Labute approximate surface area is 218 Å². The maximum atomic E-state index is 13.7. The van der Waals surface area contributed by atoms with Gasteiger partial charge in [-0.15, -0.1) is 0 Å². The molecule has 186 valence electrons. The summed E-state index contributed by atoms with van der Waals surface area (Å²) in [4.78, 5) is 30.2. The number of allylic oxidation sites excluding steroid dienone is 1. The number of ketones is 1. The van der Waals surface area contributed by atoms with Crippen molar-refractivity contribution < 1.29 is 9.72 Å². The molecule has 0 spiro atoms. The Morgan fingerprint density at radius 1 is 1.14 bits per heavy atom. The number of aryl methyl sites for hydroxylation is 1. The number of nitro benzene ring substituents is 1. The molecule has 37 heavy (non-hydrogen) atoms. The molecule has 0 unspecified atom stereocenters. The Bertz CT molecular complexity index is 1640. The Kier molecular flexibility index (Phi) is 5.45. The fourth-order valence-corrected chi connectivity index (χ4v) is 6.47. The third-order valence-electron chi connectivity index (χ3n) is 7.23. The second-order valence-corrected chi connectivity index (χ2v) is 11.5. The molecular formula is C29H26N4O3S. The van der Waals surface area contributed by atoms with Crippen LogP contribution in [0.25, 0.3) is 16.3 Å². The lowest BCUT2D eigenvalue weighted by atomic mass is 9.68. The van der Waals surface area contributed by atoms with Crippen LogP contribution in [0.1, 0.15) is 43.9 Å². The molecule has 0 saturated carbocycles. The van der Waals surface area contributed by atoms with E-state index < -0.39 is 6.04 Å². The van der Waals surface area contributed by atoms with E-state index in [2.05, 4.69) is 48.4 Å². The van der Waals surface area contributed by atoms with Crippen molar-refractivity contribution in [1.82, 2.24) is 9.55 Å². The summed E-state index contributed by atoms with van der Waals surface area (Å²) < 4.78 is 1.83. The van der Waals surface area contributed by atoms with E-state index in [4.69, 9.17) is 0 Å². The maximum Gasteiger partial charge on any atom is 0.283 e. The quantitative estimate of drug-likeness (QED) is 0.236. The third-order valence-corrected chi connectivity index (χ3v) is 8.37. The zero-order valence-corrected chi connectivity index (χ0v) is 21.6. The van der Waals surface area contributed by atoms with Crippen LogP contribution in [0, 0.1) is 15.5 Å². The smallest absolute Gasteiger partial charge is 0.283 e. The highest BCUT2D eigenvalue weighted by Crippen LogP contribution is 2.52. The molecule has 1 atom stereocenters. The molecule has 3 aromatic carbocycles. The van der Waals surface area contributed by atoms with Crippen molar-refractivity contribution in [2.45, 2.75) is 42.8 Å². The zero-order valence-electron chi connectivity index (χ0n) is 20.8. The number of imidazole rings is 1. The van der Waals surface area contributed by atoms with E-state index in [0.29, 0.717) is 22.0 Å². The van der Waals surface area contributed by atoms with Gasteiger partial charge in [-0.1, -0.05) is 50.2 Å². The number of carbonyl (C=O) groups is 1. The second kappa shape index (κ2) is 8.59. The standard InChI is InChI=1S/C29H26N4O3S/c1-29(2)15-20-25-19-7-5-4-6-17(19)8-10-21(25)31-27(26(20)23(34)16-29)18-9-11-24(22(14-18)33(35)36)37-28-30-12-13-32(28)3/h4-14,27,31H,15-16H2,1-3H3/t27-/m1/s1. The molecule has 0 amide bonds. The maximum absolute atomic E-state index is 13.7. The van der Waals surface area contributed by atoms with Crippen molar-refractivity contribution in [3.8, 4) is 0 Å². The van der Waals surface area contributed by atoms with Gasteiger partial charge >= 0.3 is 0 Å². The highest BCUT2D eigenvalue weighted by molar-refractivity contribution is 7.99. The molecule has 2 heterocycles. The first kappa shape index (κ1) is 23.5. The van der Waals surface area contributed by atoms with E-state index in [9.17, 15) is 14.9 Å². The summed E-state index contributed by atoms with van der Waals surface area (Å²) in [6, 6.07) is 17.1. The molecule has 1 N–H and O–H groups in total. The van der Waals surface area contributed by atoms with Crippen LogP contribution in [0.2, 0.25) is 0 Å². The topological polar surface area (TPSA) is 90.1 Å². The number of hydrogen-bond acceptors (Lipinski definition) is 6. The van der Waals surface area contributed by atoms with Crippen LogP contribution in [0.3, 0.4) is 0 Å². The van der Waals surface area contributed by atoms with Gasteiger partial charge in [0.1, 0.15) is 0 Å². The van der Waals surface area contributed by atoms with Crippen molar-refractivity contribution in [3.05, 3.63) is 93.8 Å². The molecule has 8 heteroatoms. The van der Waals surface area contributed by atoms with Gasteiger partial charge in [0, 0.05) is 48.8 Å². The number of nitrogens with one attached hydrogen (secondary N) is 1. The molecule has 1 aromatic heterocycles. The molecule has 0 bridgehead atoms. The van der Waals surface area contributed by atoms with Crippen LogP contribution in [0.4, 0.5) is 11.4 Å². The molecule has 2 aliphatic rings. The lowest BCUT2D eigenvalue weighted by Crippen LogP contribution is -2.33. The van der Waals surface area contributed by atoms with Crippen molar-refractivity contribution >= 4 is 45.3 Å². The summed E-state index contributed by atoms with van der Waals surface area (Å²) in [6.07, 6.45) is 4.68. The summed E-state index contributed by atoms with van der Waals surface area (Å²) in [7, 11) is 1.85. The second-order valence-electron chi connectivity index (χ2n) is 10.5. The van der Waals surface area contributed by atoms with Gasteiger partial charge in [0.25, 0.3) is 5.69 Å². The van der Waals surface area contributed by atoms with Crippen LogP contribution < -0.4 is 5.32 Å². The monoisotopic (exact) mass is 510 g/mol. The predicted molar refractivity (Wildman–Crippen MR) is 146 cm³/mol. The number of hydrogen-bond donors (Lipinski definition) is 1. The number of benzene rings is 3. The fourth-order valence-electron chi connectivity index (χ4n) is 5.58. The van der Waals surface area contributed by atoms with Gasteiger partial charge in [-0.2, -0.15) is 0 Å². The van der Waals surface area contributed by atoms with Gasteiger partial charge in [-0.3, -0.25) is 14.9 Å². The first-order chi connectivity index (χ1) is 17.7. The van der Waals surface area contributed by atoms with Crippen molar-refractivity contribution in [3.63, 3.8) is 0 Å². The van der Waals surface area contributed by atoms with E-state index in [-0.39, 0.29) is 21.8 Å². The van der Waals surface area contributed by atoms with Crippen LogP contribution in [-0.2, 0) is 11.8 Å². The Hall–Kier alpha value is -3.91. The Balaban J connectivity index is 1.51. The number of rotatable bonds is 4. The number of fused-ring (bicyclic) bond motifs is 4. The average Bonchev–Trinajstić information content (AvgIpc) is 3.26. The summed E-state index contributed by atoms with van der Waals surface area (Å²) in [5.41, 5.74) is 4.33. The minimum atomic E-state index is -0.460. The van der Waals surface area contributed by atoms with Crippen LogP contribution in [0.5, 0.6) is 0 Å². The summed E-state index contributed by atoms with van der Waals surface area (Å²) in [5.74, 6) is 0.0939. The number of Topliss-reactive ketones (excluding diaryl/α,β-unsaturated/α-hetero) is 1. The predicted octanol–water partition coefficient (Wildman–Crippen LogP) is 6.94. The lowest BCUT2D eigenvalue weighted by molar-refractivity contribution is -0.387. The molecule has 0 saturated heterocycles. The van der Waals surface area contributed by atoms with Gasteiger partial charge in [0.15, 0.2) is 10.9 Å². The van der Waals surface area contributed by atoms with Gasteiger partial charge in [0.05, 0.1) is 15.9 Å². The molecule has 7 nitrogen and oxygen atoms in total.